The van der Waals surface area contributed by atoms with Crippen LogP contribution in [0.3, 0.4) is 0 Å². The van der Waals surface area contributed by atoms with Crippen molar-refractivity contribution in [1.29, 1.82) is 5.26 Å². The molecule has 4 heteroatoms. The standard InChI is InChI=1S/C20H20N2O2/c1-3-17-11-16(9-10-19(17)24-2)12-18(13-21)20(23)22-14-15-7-5-4-6-8-15/h4-12H,3,14H2,1-2H3,(H,22,23)/b18-12+. The van der Waals surface area contributed by atoms with E-state index in [1.807, 2.05) is 61.5 Å². The van der Waals surface area contributed by atoms with Gasteiger partial charge in [-0.3, -0.25) is 4.79 Å². The fourth-order valence-electron chi connectivity index (χ4n) is 2.35. The number of rotatable bonds is 6. The highest BCUT2D eigenvalue weighted by atomic mass is 16.5. The largest absolute Gasteiger partial charge is 0.496 e. The lowest BCUT2D eigenvalue weighted by Gasteiger charge is -2.08. The predicted octanol–water partition coefficient (Wildman–Crippen LogP) is 3.48. The van der Waals surface area contributed by atoms with Gasteiger partial charge < -0.3 is 10.1 Å². The van der Waals surface area contributed by atoms with Crippen LogP contribution in [0.5, 0.6) is 5.75 Å². The average Bonchev–Trinajstić information content (AvgIpc) is 2.64. The smallest absolute Gasteiger partial charge is 0.262 e. The van der Waals surface area contributed by atoms with Crippen LogP contribution in [0.15, 0.2) is 54.1 Å². The summed E-state index contributed by atoms with van der Waals surface area (Å²) in [6, 6.07) is 17.2. The Hall–Kier alpha value is -3.06. The molecule has 0 spiro atoms. The third-order valence-electron chi connectivity index (χ3n) is 3.66. The number of amides is 1. The van der Waals surface area contributed by atoms with Crippen LogP contribution in [0.2, 0.25) is 0 Å². The van der Waals surface area contributed by atoms with Gasteiger partial charge in [-0.25, -0.2) is 0 Å². The fraction of sp³-hybridized carbons (Fsp3) is 0.200. The summed E-state index contributed by atoms with van der Waals surface area (Å²) >= 11 is 0. The molecule has 0 bridgehead atoms. The van der Waals surface area contributed by atoms with Crippen molar-refractivity contribution in [3.63, 3.8) is 0 Å². The average molecular weight is 320 g/mol. The molecule has 0 saturated carbocycles. The van der Waals surface area contributed by atoms with Crippen molar-refractivity contribution >= 4 is 12.0 Å². The maximum Gasteiger partial charge on any atom is 0.262 e. The Morgan fingerprint density at radius 2 is 2.00 bits per heavy atom. The molecule has 0 atom stereocenters. The highest BCUT2D eigenvalue weighted by molar-refractivity contribution is 6.01. The summed E-state index contributed by atoms with van der Waals surface area (Å²) in [5.74, 6) is 0.428. The van der Waals surface area contributed by atoms with Gasteiger partial charge in [0.1, 0.15) is 17.4 Å². The number of hydrogen-bond acceptors (Lipinski definition) is 3. The molecule has 2 aromatic carbocycles. The number of carbonyl (C=O) groups is 1. The van der Waals surface area contributed by atoms with Crippen molar-refractivity contribution in [3.8, 4) is 11.8 Å². The van der Waals surface area contributed by atoms with Crippen LogP contribution in [0.25, 0.3) is 6.08 Å². The van der Waals surface area contributed by atoms with Gasteiger partial charge in [0.25, 0.3) is 5.91 Å². The van der Waals surface area contributed by atoms with E-state index in [0.29, 0.717) is 6.54 Å². The highest BCUT2D eigenvalue weighted by Crippen LogP contribution is 2.21. The molecule has 0 unspecified atom stereocenters. The van der Waals surface area contributed by atoms with E-state index in [2.05, 4.69) is 5.32 Å². The summed E-state index contributed by atoms with van der Waals surface area (Å²) in [7, 11) is 1.63. The van der Waals surface area contributed by atoms with Crippen LogP contribution in [-0.4, -0.2) is 13.0 Å². The van der Waals surface area contributed by atoms with Gasteiger partial charge in [-0.1, -0.05) is 43.3 Å². The Labute approximate surface area is 142 Å². The molecule has 2 aromatic rings. The summed E-state index contributed by atoms with van der Waals surface area (Å²) in [4.78, 5) is 12.2. The van der Waals surface area contributed by atoms with Gasteiger partial charge in [-0.2, -0.15) is 5.26 Å². The van der Waals surface area contributed by atoms with E-state index in [-0.39, 0.29) is 11.5 Å². The third-order valence-corrected chi connectivity index (χ3v) is 3.66. The molecule has 2 rings (SSSR count). The highest BCUT2D eigenvalue weighted by Gasteiger charge is 2.09. The minimum atomic E-state index is -0.379. The van der Waals surface area contributed by atoms with Crippen LogP contribution >= 0.6 is 0 Å². The Morgan fingerprint density at radius 1 is 1.25 bits per heavy atom. The van der Waals surface area contributed by atoms with Crippen LogP contribution < -0.4 is 10.1 Å². The zero-order chi connectivity index (χ0) is 17.4. The summed E-state index contributed by atoms with van der Waals surface area (Å²) in [6.07, 6.45) is 2.41. The first-order chi connectivity index (χ1) is 11.7. The van der Waals surface area contributed by atoms with Gasteiger partial charge in [-0.05, 0) is 41.3 Å². The molecular weight excluding hydrogens is 300 g/mol. The topological polar surface area (TPSA) is 62.1 Å². The van der Waals surface area contributed by atoms with E-state index in [4.69, 9.17) is 4.74 Å². The number of carbonyl (C=O) groups excluding carboxylic acids is 1. The first-order valence-electron chi connectivity index (χ1n) is 7.78. The van der Waals surface area contributed by atoms with Crippen molar-refractivity contribution in [2.45, 2.75) is 19.9 Å². The van der Waals surface area contributed by atoms with E-state index in [1.54, 1.807) is 13.2 Å². The van der Waals surface area contributed by atoms with Crippen molar-refractivity contribution in [2.24, 2.45) is 0 Å². The zero-order valence-electron chi connectivity index (χ0n) is 13.9. The van der Waals surface area contributed by atoms with Gasteiger partial charge in [0, 0.05) is 6.54 Å². The molecule has 0 aliphatic carbocycles. The molecule has 1 N–H and O–H groups in total. The van der Waals surface area contributed by atoms with Gasteiger partial charge in [0.2, 0.25) is 0 Å². The van der Waals surface area contributed by atoms with Crippen molar-refractivity contribution in [3.05, 3.63) is 70.8 Å². The fourth-order valence-corrected chi connectivity index (χ4v) is 2.35. The van der Waals surface area contributed by atoms with E-state index >= 15 is 0 Å². The van der Waals surface area contributed by atoms with E-state index in [1.165, 1.54) is 0 Å². The molecule has 0 aliphatic rings. The maximum atomic E-state index is 12.2. The molecule has 0 radical (unpaired) electrons. The lowest BCUT2D eigenvalue weighted by atomic mass is 10.0. The van der Waals surface area contributed by atoms with Crippen LogP contribution in [0.4, 0.5) is 0 Å². The van der Waals surface area contributed by atoms with Gasteiger partial charge in [0.05, 0.1) is 7.11 Å². The number of methoxy groups -OCH3 is 1. The number of ether oxygens (including phenoxy) is 1. The summed E-state index contributed by atoms with van der Waals surface area (Å²) < 4.78 is 5.29. The SMILES string of the molecule is CCc1cc(/C=C(\C#N)C(=O)NCc2ccccc2)ccc1OC. The Kier molecular flexibility index (Phi) is 6.16. The summed E-state index contributed by atoms with van der Waals surface area (Å²) in [5, 5.41) is 12.0. The lowest BCUT2D eigenvalue weighted by molar-refractivity contribution is -0.117. The number of nitrogens with one attached hydrogen (secondary N) is 1. The second kappa shape index (κ2) is 8.54. The van der Waals surface area contributed by atoms with Crippen LogP contribution in [0.1, 0.15) is 23.6 Å². The predicted molar refractivity (Wildman–Crippen MR) is 94.3 cm³/mol. The summed E-state index contributed by atoms with van der Waals surface area (Å²) in [5.41, 5.74) is 2.91. The second-order valence-electron chi connectivity index (χ2n) is 5.26. The molecule has 0 aromatic heterocycles. The van der Waals surface area contributed by atoms with Gasteiger partial charge in [0.15, 0.2) is 0 Å². The van der Waals surface area contributed by atoms with E-state index in [9.17, 15) is 10.1 Å². The van der Waals surface area contributed by atoms with Crippen LogP contribution in [0, 0.1) is 11.3 Å². The molecule has 0 heterocycles. The van der Waals surface area contributed by atoms with Gasteiger partial charge in [-0.15, -0.1) is 0 Å². The number of nitriles is 1. The molecule has 0 aliphatic heterocycles. The Morgan fingerprint density at radius 3 is 2.62 bits per heavy atom. The van der Waals surface area contributed by atoms with Crippen molar-refractivity contribution in [1.82, 2.24) is 5.32 Å². The first kappa shape index (κ1) is 17.3. The van der Waals surface area contributed by atoms with Crippen molar-refractivity contribution < 1.29 is 9.53 Å². The van der Waals surface area contributed by atoms with E-state index < -0.39 is 0 Å². The molecule has 4 nitrogen and oxygen atoms in total. The van der Waals surface area contributed by atoms with E-state index in [0.717, 1.165) is 28.9 Å². The molecular formula is C20H20N2O2. The molecule has 1 amide bonds. The lowest BCUT2D eigenvalue weighted by Crippen LogP contribution is -2.23. The van der Waals surface area contributed by atoms with Crippen molar-refractivity contribution in [2.75, 3.05) is 7.11 Å². The number of nitrogens with zero attached hydrogens (tertiary/aromatic N) is 1. The third kappa shape index (κ3) is 4.47. The molecule has 0 saturated heterocycles. The Bertz CT molecular complexity index is 774. The normalized spacial score (nSPS) is 10.8. The Balaban J connectivity index is 2.13. The number of aryl methyl sites for hydroxylation is 1. The number of hydrogen-bond donors (Lipinski definition) is 1. The minimum Gasteiger partial charge on any atom is -0.496 e. The quantitative estimate of drug-likeness (QED) is 0.655. The maximum absolute atomic E-state index is 12.2. The minimum absolute atomic E-state index is 0.0816. The van der Waals surface area contributed by atoms with Crippen LogP contribution in [-0.2, 0) is 17.8 Å². The molecule has 0 fully saturated rings. The molecule has 122 valence electrons. The zero-order valence-corrected chi connectivity index (χ0v) is 13.9. The monoisotopic (exact) mass is 320 g/mol. The number of benzene rings is 2. The van der Waals surface area contributed by atoms with Gasteiger partial charge >= 0.3 is 0 Å². The first-order valence-corrected chi connectivity index (χ1v) is 7.78. The summed E-state index contributed by atoms with van der Waals surface area (Å²) in [6.45, 7) is 2.42. The second-order valence-corrected chi connectivity index (χ2v) is 5.26. The molecule has 24 heavy (non-hydrogen) atoms.